The predicted molar refractivity (Wildman–Crippen MR) is 71.9 cm³/mol. The second-order valence-electron chi connectivity index (χ2n) is 5.03. The minimum absolute atomic E-state index is 0.269. The zero-order valence-electron chi connectivity index (χ0n) is 10.9. The molecule has 100 valence electrons. The van der Waals surface area contributed by atoms with Gasteiger partial charge in [-0.05, 0) is 45.4 Å². The van der Waals surface area contributed by atoms with Crippen molar-refractivity contribution in [3.05, 3.63) is 34.1 Å². The summed E-state index contributed by atoms with van der Waals surface area (Å²) >= 11 is 3.27. The second kappa shape index (κ2) is 5.69. The molecule has 1 unspecified atom stereocenters. The molecule has 5 heteroatoms. The molecule has 1 N–H and O–H groups in total. The maximum absolute atomic E-state index is 13.0. The number of hydrogen-bond acceptors (Lipinski definition) is 2. The highest BCUT2D eigenvalue weighted by atomic mass is 79.9. The molecule has 0 bridgehead atoms. The molecule has 0 heterocycles. The number of benzene rings is 1. The Hall–Kier alpha value is -1.10. The Balaban J connectivity index is 2.71. The number of hydrogen-bond donors (Lipinski definition) is 1. The number of carbonyl (C=O) groups is 1. The van der Waals surface area contributed by atoms with Crippen LogP contribution in [0.1, 0.15) is 39.3 Å². The first-order chi connectivity index (χ1) is 8.19. The highest BCUT2D eigenvalue weighted by Crippen LogP contribution is 2.24. The van der Waals surface area contributed by atoms with Crippen LogP contribution in [-0.4, -0.2) is 11.7 Å². The zero-order chi connectivity index (χ0) is 13.9. The van der Waals surface area contributed by atoms with Crippen LogP contribution < -0.4 is 5.32 Å². The first kappa shape index (κ1) is 15.0. The van der Waals surface area contributed by atoms with E-state index in [0.29, 0.717) is 4.47 Å². The second-order valence-corrected chi connectivity index (χ2v) is 5.89. The SMILES string of the molecule is CC(NC(=O)OC(C)(C)C)c1ccc(F)cc1Br. The van der Waals surface area contributed by atoms with Crippen LogP contribution in [0.2, 0.25) is 0 Å². The smallest absolute Gasteiger partial charge is 0.408 e. The first-order valence-corrected chi connectivity index (χ1v) is 6.43. The van der Waals surface area contributed by atoms with Crippen molar-refractivity contribution >= 4 is 22.0 Å². The number of rotatable bonds is 2. The fourth-order valence-electron chi connectivity index (χ4n) is 1.41. The summed E-state index contributed by atoms with van der Waals surface area (Å²) in [5, 5.41) is 2.70. The number of carbonyl (C=O) groups excluding carboxylic acids is 1. The van der Waals surface area contributed by atoms with Crippen molar-refractivity contribution in [1.29, 1.82) is 0 Å². The minimum Gasteiger partial charge on any atom is -0.444 e. The monoisotopic (exact) mass is 317 g/mol. The summed E-state index contributed by atoms with van der Waals surface area (Å²) in [5.74, 6) is -0.324. The summed E-state index contributed by atoms with van der Waals surface area (Å²) in [5.41, 5.74) is 0.256. The van der Waals surface area contributed by atoms with Gasteiger partial charge in [0.05, 0.1) is 6.04 Å². The average molecular weight is 318 g/mol. The first-order valence-electron chi connectivity index (χ1n) is 5.63. The highest BCUT2D eigenvalue weighted by Gasteiger charge is 2.19. The summed E-state index contributed by atoms with van der Waals surface area (Å²) in [6, 6.07) is 4.08. The van der Waals surface area contributed by atoms with Gasteiger partial charge in [-0.1, -0.05) is 22.0 Å². The van der Waals surface area contributed by atoms with E-state index in [1.807, 2.05) is 6.92 Å². The lowest BCUT2D eigenvalue weighted by atomic mass is 10.1. The van der Waals surface area contributed by atoms with Crippen molar-refractivity contribution in [2.75, 3.05) is 0 Å². The number of nitrogens with one attached hydrogen (secondary N) is 1. The van der Waals surface area contributed by atoms with Crippen LogP contribution in [0.15, 0.2) is 22.7 Å². The van der Waals surface area contributed by atoms with Gasteiger partial charge in [-0.15, -0.1) is 0 Å². The lowest BCUT2D eigenvalue weighted by Crippen LogP contribution is -2.34. The highest BCUT2D eigenvalue weighted by molar-refractivity contribution is 9.10. The maximum atomic E-state index is 13.0. The molecule has 0 spiro atoms. The Morgan fingerprint density at radius 2 is 2.06 bits per heavy atom. The molecule has 1 atom stereocenters. The normalized spacial score (nSPS) is 13.0. The van der Waals surface area contributed by atoms with E-state index in [2.05, 4.69) is 21.2 Å². The average Bonchev–Trinajstić information content (AvgIpc) is 2.13. The Morgan fingerprint density at radius 3 is 2.56 bits per heavy atom. The molecule has 18 heavy (non-hydrogen) atoms. The third kappa shape index (κ3) is 4.64. The van der Waals surface area contributed by atoms with Crippen molar-refractivity contribution in [1.82, 2.24) is 5.32 Å². The standard InChI is InChI=1S/C13H17BrFNO2/c1-8(16-12(17)18-13(2,3)4)10-6-5-9(15)7-11(10)14/h5-8H,1-4H3,(H,16,17). The van der Waals surface area contributed by atoms with E-state index < -0.39 is 11.7 Å². The third-order valence-electron chi connectivity index (χ3n) is 2.16. The molecule has 1 aromatic carbocycles. The van der Waals surface area contributed by atoms with E-state index >= 15 is 0 Å². The summed E-state index contributed by atoms with van der Waals surface area (Å²) < 4.78 is 18.7. The zero-order valence-corrected chi connectivity index (χ0v) is 12.5. The minimum atomic E-state index is -0.538. The van der Waals surface area contributed by atoms with E-state index in [0.717, 1.165) is 5.56 Å². The Bertz CT molecular complexity index is 443. The summed E-state index contributed by atoms with van der Waals surface area (Å²) in [6.45, 7) is 7.20. The molecule has 0 radical (unpaired) electrons. The number of amides is 1. The van der Waals surface area contributed by atoms with Crippen molar-refractivity contribution in [2.24, 2.45) is 0 Å². The van der Waals surface area contributed by atoms with Gasteiger partial charge in [-0.2, -0.15) is 0 Å². The molecular formula is C13H17BrFNO2. The van der Waals surface area contributed by atoms with Crippen LogP contribution in [0.3, 0.4) is 0 Å². The molecule has 1 rings (SSSR count). The van der Waals surface area contributed by atoms with Gasteiger partial charge in [-0.3, -0.25) is 0 Å². The van der Waals surface area contributed by atoms with Crippen LogP contribution in [0, 0.1) is 5.82 Å². The fraction of sp³-hybridized carbons (Fsp3) is 0.462. The summed E-state index contributed by atoms with van der Waals surface area (Å²) in [4.78, 5) is 11.6. The quantitative estimate of drug-likeness (QED) is 0.888. The van der Waals surface area contributed by atoms with Crippen LogP contribution in [0.25, 0.3) is 0 Å². The van der Waals surface area contributed by atoms with Gasteiger partial charge < -0.3 is 10.1 Å². The number of alkyl carbamates (subject to hydrolysis) is 1. The molecule has 0 saturated carbocycles. The molecule has 1 amide bonds. The lowest BCUT2D eigenvalue weighted by molar-refractivity contribution is 0.0508. The van der Waals surface area contributed by atoms with E-state index in [1.165, 1.54) is 12.1 Å². The van der Waals surface area contributed by atoms with Crippen molar-refractivity contribution in [3.8, 4) is 0 Å². The summed E-state index contributed by atoms with van der Waals surface area (Å²) in [7, 11) is 0. The Morgan fingerprint density at radius 1 is 1.44 bits per heavy atom. The predicted octanol–water partition coefficient (Wildman–Crippen LogP) is 4.17. The van der Waals surface area contributed by atoms with E-state index in [4.69, 9.17) is 4.74 Å². The Kier molecular flexibility index (Phi) is 4.73. The summed E-state index contributed by atoms with van der Waals surface area (Å²) in [6.07, 6.45) is -0.494. The van der Waals surface area contributed by atoms with Gasteiger partial charge >= 0.3 is 6.09 Å². The molecule has 0 aliphatic heterocycles. The van der Waals surface area contributed by atoms with Crippen LogP contribution in [0.5, 0.6) is 0 Å². The van der Waals surface area contributed by atoms with Crippen LogP contribution in [0.4, 0.5) is 9.18 Å². The van der Waals surface area contributed by atoms with Crippen LogP contribution >= 0.6 is 15.9 Å². The topological polar surface area (TPSA) is 38.3 Å². The molecule has 0 aliphatic rings. The van der Waals surface area contributed by atoms with E-state index in [-0.39, 0.29) is 11.9 Å². The Labute approximate surface area is 115 Å². The largest absolute Gasteiger partial charge is 0.444 e. The molecule has 3 nitrogen and oxygen atoms in total. The van der Waals surface area contributed by atoms with Crippen LogP contribution in [-0.2, 0) is 4.74 Å². The van der Waals surface area contributed by atoms with E-state index in [9.17, 15) is 9.18 Å². The molecule has 0 aliphatic carbocycles. The van der Waals surface area contributed by atoms with Crippen molar-refractivity contribution in [2.45, 2.75) is 39.3 Å². The van der Waals surface area contributed by atoms with Gasteiger partial charge in [0.25, 0.3) is 0 Å². The van der Waals surface area contributed by atoms with Gasteiger partial charge in [0.1, 0.15) is 11.4 Å². The molecule has 0 fully saturated rings. The van der Waals surface area contributed by atoms with Crippen molar-refractivity contribution in [3.63, 3.8) is 0 Å². The fourth-order valence-corrected chi connectivity index (χ4v) is 2.11. The number of ether oxygens (including phenoxy) is 1. The maximum Gasteiger partial charge on any atom is 0.408 e. The molecule has 0 saturated heterocycles. The van der Waals surface area contributed by atoms with E-state index in [1.54, 1.807) is 26.8 Å². The van der Waals surface area contributed by atoms with Crippen molar-refractivity contribution < 1.29 is 13.9 Å². The van der Waals surface area contributed by atoms with Gasteiger partial charge in [-0.25, -0.2) is 9.18 Å². The molecule has 1 aromatic rings. The molecular weight excluding hydrogens is 301 g/mol. The third-order valence-corrected chi connectivity index (χ3v) is 2.85. The lowest BCUT2D eigenvalue weighted by Gasteiger charge is -2.22. The van der Waals surface area contributed by atoms with Gasteiger partial charge in [0, 0.05) is 4.47 Å². The molecule has 0 aromatic heterocycles. The van der Waals surface area contributed by atoms with Gasteiger partial charge in [0.15, 0.2) is 0 Å². The van der Waals surface area contributed by atoms with Gasteiger partial charge in [0.2, 0.25) is 0 Å². The number of halogens is 2.